The second-order valence-corrected chi connectivity index (χ2v) is 10.0. The molecular formula is C26H37N3O4S. The van der Waals surface area contributed by atoms with Gasteiger partial charge in [-0.15, -0.1) is 11.3 Å². The number of carbonyl (C=O) groups is 3. The van der Waals surface area contributed by atoms with Gasteiger partial charge in [0.1, 0.15) is 5.69 Å². The highest BCUT2D eigenvalue weighted by Crippen LogP contribution is 2.16. The summed E-state index contributed by atoms with van der Waals surface area (Å²) < 4.78 is 0. The molecular weight excluding hydrogens is 450 g/mol. The molecule has 2 unspecified atom stereocenters. The van der Waals surface area contributed by atoms with E-state index in [9.17, 15) is 19.5 Å². The summed E-state index contributed by atoms with van der Waals surface area (Å²) in [6.07, 6.45) is 3.93. The molecule has 0 aliphatic heterocycles. The Hall–Kier alpha value is -2.74. The highest BCUT2D eigenvalue weighted by molar-refractivity contribution is 7.09. The van der Waals surface area contributed by atoms with Crippen LogP contribution < -0.4 is 5.32 Å². The van der Waals surface area contributed by atoms with Gasteiger partial charge in [-0.3, -0.25) is 14.4 Å². The average Bonchev–Trinajstić information content (AvgIpc) is 3.28. The quantitative estimate of drug-likeness (QED) is 0.411. The Kier molecular flexibility index (Phi) is 11.2. The number of nitrogens with zero attached hydrogens (tertiary/aromatic N) is 2. The van der Waals surface area contributed by atoms with E-state index in [-0.39, 0.29) is 17.9 Å². The summed E-state index contributed by atoms with van der Waals surface area (Å²) in [5, 5.41) is 14.9. The van der Waals surface area contributed by atoms with Crippen LogP contribution in [0.3, 0.4) is 0 Å². The first-order valence-electron chi connectivity index (χ1n) is 12.0. The minimum atomic E-state index is -0.879. The molecule has 0 saturated carbocycles. The third kappa shape index (κ3) is 9.25. The summed E-state index contributed by atoms with van der Waals surface area (Å²) in [5.41, 5.74) is 1.39. The second-order valence-electron chi connectivity index (χ2n) is 9.10. The molecule has 0 aliphatic rings. The van der Waals surface area contributed by atoms with Crippen molar-refractivity contribution >= 4 is 29.1 Å². The molecule has 7 nitrogen and oxygen atoms in total. The fraction of sp³-hybridized carbons (Fsp3) is 0.538. The van der Waals surface area contributed by atoms with E-state index in [1.165, 1.54) is 11.3 Å². The average molecular weight is 488 g/mol. The number of hydrogen-bond acceptors (Lipinski definition) is 5. The van der Waals surface area contributed by atoms with Crippen LogP contribution in [0.2, 0.25) is 0 Å². The maximum Gasteiger partial charge on any atom is 0.306 e. The highest BCUT2D eigenvalue weighted by atomic mass is 32.1. The van der Waals surface area contributed by atoms with Crippen molar-refractivity contribution in [2.45, 2.75) is 65.3 Å². The number of aryl methyl sites for hydroxylation is 1. The molecule has 34 heavy (non-hydrogen) atoms. The van der Waals surface area contributed by atoms with Crippen LogP contribution in [-0.4, -0.2) is 52.4 Å². The predicted octanol–water partition coefficient (Wildman–Crippen LogP) is 4.42. The first-order valence-corrected chi connectivity index (χ1v) is 12.8. The van der Waals surface area contributed by atoms with Crippen LogP contribution in [0.15, 0.2) is 35.7 Å². The smallest absolute Gasteiger partial charge is 0.306 e. The molecule has 0 radical (unpaired) electrons. The second kappa shape index (κ2) is 13.8. The van der Waals surface area contributed by atoms with E-state index in [1.54, 1.807) is 17.2 Å². The fourth-order valence-corrected chi connectivity index (χ4v) is 4.42. The van der Waals surface area contributed by atoms with E-state index < -0.39 is 11.9 Å². The van der Waals surface area contributed by atoms with Gasteiger partial charge < -0.3 is 15.3 Å². The van der Waals surface area contributed by atoms with Crippen LogP contribution in [0.25, 0.3) is 0 Å². The number of aliphatic carboxylic acids is 1. The minimum absolute atomic E-state index is 0.161. The molecule has 0 spiro atoms. The van der Waals surface area contributed by atoms with Crippen molar-refractivity contribution in [1.29, 1.82) is 0 Å². The first-order chi connectivity index (χ1) is 16.2. The standard InChI is InChI=1S/C26H37N3O4S/c1-5-18(2)14-24(30)29(4)13-9-12-23-28-22(17-34-23)25(31)27-21(15-19(3)26(32)33)16-20-10-7-6-8-11-20/h6-8,10-11,17-19,21H,5,9,12-16H2,1-4H3,(H,27,31)(H,32,33)/t18-,19?,21?/m0/s1. The summed E-state index contributed by atoms with van der Waals surface area (Å²) in [6, 6.07) is 9.41. The fourth-order valence-electron chi connectivity index (χ4n) is 3.60. The van der Waals surface area contributed by atoms with Crippen molar-refractivity contribution in [2.75, 3.05) is 13.6 Å². The van der Waals surface area contributed by atoms with Gasteiger partial charge in [0, 0.05) is 37.9 Å². The van der Waals surface area contributed by atoms with Gasteiger partial charge in [-0.25, -0.2) is 4.98 Å². The molecule has 8 heteroatoms. The number of benzene rings is 1. The van der Waals surface area contributed by atoms with Gasteiger partial charge in [-0.1, -0.05) is 57.5 Å². The van der Waals surface area contributed by atoms with Crippen LogP contribution in [0.1, 0.15) is 67.5 Å². The van der Waals surface area contributed by atoms with Gasteiger partial charge in [-0.05, 0) is 30.7 Å². The Morgan fingerprint density at radius 1 is 1.18 bits per heavy atom. The van der Waals surface area contributed by atoms with Crippen LogP contribution in [0.5, 0.6) is 0 Å². The van der Waals surface area contributed by atoms with Gasteiger partial charge in [-0.2, -0.15) is 0 Å². The molecule has 1 aromatic heterocycles. The Bertz CT molecular complexity index is 931. The summed E-state index contributed by atoms with van der Waals surface area (Å²) in [6.45, 7) is 6.48. The van der Waals surface area contributed by atoms with E-state index in [1.807, 2.05) is 37.4 Å². The molecule has 2 rings (SSSR count). The summed E-state index contributed by atoms with van der Waals surface area (Å²) in [4.78, 5) is 42.7. The van der Waals surface area contributed by atoms with Crippen molar-refractivity contribution in [1.82, 2.24) is 15.2 Å². The van der Waals surface area contributed by atoms with E-state index in [2.05, 4.69) is 24.1 Å². The Labute approximate surface area is 206 Å². The monoisotopic (exact) mass is 487 g/mol. The summed E-state index contributed by atoms with van der Waals surface area (Å²) >= 11 is 1.43. The zero-order valence-electron chi connectivity index (χ0n) is 20.6. The lowest BCUT2D eigenvalue weighted by Gasteiger charge is -2.20. The number of nitrogens with one attached hydrogen (secondary N) is 1. The number of carbonyl (C=O) groups excluding carboxylic acids is 2. The SMILES string of the molecule is CC[C@H](C)CC(=O)N(C)CCCc1nc(C(=O)NC(Cc2ccccc2)CC(C)C(=O)O)cs1. The topological polar surface area (TPSA) is 99.6 Å². The van der Waals surface area contributed by atoms with Crippen molar-refractivity contribution in [3.05, 3.63) is 52.0 Å². The molecule has 1 aromatic carbocycles. The lowest BCUT2D eigenvalue weighted by atomic mass is 9.96. The van der Waals surface area contributed by atoms with E-state index in [0.29, 0.717) is 43.8 Å². The third-order valence-electron chi connectivity index (χ3n) is 6.03. The van der Waals surface area contributed by atoms with Crippen LogP contribution >= 0.6 is 11.3 Å². The predicted molar refractivity (Wildman–Crippen MR) is 135 cm³/mol. The van der Waals surface area contributed by atoms with Gasteiger partial charge in [0.05, 0.1) is 10.9 Å². The summed E-state index contributed by atoms with van der Waals surface area (Å²) in [7, 11) is 1.83. The lowest BCUT2D eigenvalue weighted by molar-refractivity contribution is -0.141. The maximum atomic E-state index is 12.8. The molecule has 0 bridgehead atoms. The molecule has 3 atom stereocenters. The number of carboxylic acids is 1. The van der Waals surface area contributed by atoms with Gasteiger partial charge >= 0.3 is 5.97 Å². The number of thiazole rings is 1. The van der Waals surface area contributed by atoms with E-state index in [0.717, 1.165) is 23.4 Å². The molecule has 0 aliphatic carbocycles. The largest absolute Gasteiger partial charge is 0.481 e. The maximum absolute atomic E-state index is 12.8. The number of carboxylic acid groups (broad SMARTS) is 1. The zero-order chi connectivity index (χ0) is 25.1. The number of hydrogen-bond donors (Lipinski definition) is 2. The van der Waals surface area contributed by atoms with E-state index in [4.69, 9.17) is 0 Å². The van der Waals surface area contributed by atoms with Crippen LogP contribution in [-0.2, 0) is 22.4 Å². The molecule has 186 valence electrons. The third-order valence-corrected chi connectivity index (χ3v) is 6.94. The number of rotatable bonds is 14. The number of amides is 2. The molecule has 2 amide bonds. The van der Waals surface area contributed by atoms with Crippen molar-refractivity contribution in [3.8, 4) is 0 Å². The van der Waals surface area contributed by atoms with Gasteiger partial charge in [0.2, 0.25) is 5.91 Å². The Balaban J connectivity index is 1.91. The molecule has 0 fully saturated rings. The lowest BCUT2D eigenvalue weighted by Crippen LogP contribution is -2.38. The van der Waals surface area contributed by atoms with E-state index >= 15 is 0 Å². The molecule has 1 heterocycles. The van der Waals surface area contributed by atoms with Crippen molar-refractivity contribution in [3.63, 3.8) is 0 Å². The molecule has 2 aromatic rings. The van der Waals surface area contributed by atoms with Crippen LogP contribution in [0, 0.1) is 11.8 Å². The number of aromatic nitrogens is 1. The Morgan fingerprint density at radius 2 is 1.88 bits per heavy atom. The van der Waals surface area contributed by atoms with Gasteiger partial charge in [0.15, 0.2) is 0 Å². The van der Waals surface area contributed by atoms with Gasteiger partial charge in [0.25, 0.3) is 5.91 Å². The Morgan fingerprint density at radius 3 is 2.53 bits per heavy atom. The van der Waals surface area contributed by atoms with Crippen molar-refractivity contribution < 1.29 is 19.5 Å². The normalized spacial score (nSPS) is 13.6. The zero-order valence-corrected chi connectivity index (χ0v) is 21.4. The molecule has 0 saturated heterocycles. The highest BCUT2D eigenvalue weighted by Gasteiger charge is 2.22. The van der Waals surface area contributed by atoms with Crippen molar-refractivity contribution in [2.24, 2.45) is 11.8 Å². The minimum Gasteiger partial charge on any atom is -0.481 e. The summed E-state index contributed by atoms with van der Waals surface area (Å²) in [5.74, 6) is -1.19. The van der Waals surface area contributed by atoms with Crippen LogP contribution in [0.4, 0.5) is 0 Å². The first kappa shape index (κ1) is 27.5. The molecule has 2 N–H and O–H groups in total.